The van der Waals surface area contributed by atoms with E-state index in [1.165, 1.54) is 11.3 Å². The van der Waals surface area contributed by atoms with Crippen LogP contribution in [0.5, 0.6) is 0 Å². The van der Waals surface area contributed by atoms with Crippen LogP contribution in [0.15, 0.2) is 0 Å². The fraction of sp³-hybridized carbons (Fsp3) is 0.692. The molecule has 0 saturated carbocycles. The number of thiazole rings is 1. The number of nitrogen functional groups attached to an aromatic ring is 1. The van der Waals surface area contributed by atoms with Crippen LogP contribution >= 0.6 is 11.3 Å². The molecule has 1 unspecified atom stereocenters. The first-order valence-electron chi connectivity index (χ1n) is 7.03. The molecule has 1 atom stereocenters. The van der Waals surface area contributed by atoms with Crippen LogP contribution in [-0.2, 0) is 4.74 Å². The lowest BCUT2D eigenvalue weighted by Crippen LogP contribution is -2.46. The first kappa shape index (κ1) is 16.0. The Bertz CT molecular complexity index is 492. The number of nitrogens with zero attached hydrogens (tertiary/aromatic N) is 2. The summed E-state index contributed by atoms with van der Waals surface area (Å²) in [5.74, 6) is 0.589. The number of rotatable bonds is 5. The Labute approximate surface area is 128 Å². The number of nitrogens with two attached hydrogens (primary N) is 1. The molecule has 8 heteroatoms. The number of carbonyl (C=O) groups excluding carboxylic acids is 1. The molecule has 0 aliphatic carbocycles. The van der Waals surface area contributed by atoms with Crippen molar-refractivity contribution in [2.45, 2.75) is 20.0 Å². The topological polar surface area (TPSA) is 101 Å². The van der Waals surface area contributed by atoms with Crippen molar-refractivity contribution in [2.75, 3.05) is 43.9 Å². The highest BCUT2D eigenvalue weighted by Gasteiger charge is 2.27. The molecule has 2 heterocycles. The summed E-state index contributed by atoms with van der Waals surface area (Å²) < 4.78 is 5.34. The number of aromatic nitrogens is 1. The molecule has 1 aromatic heterocycles. The van der Waals surface area contributed by atoms with Crippen LogP contribution < -0.4 is 11.1 Å². The molecule has 1 saturated heterocycles. The van der Waals surface area contributed by atoms with E-state index in [4.69, 9.17) is 15.6 Å². The Morgan fingerprint density at radius 1 is 1.67 bits per heavy atom. The molecule has 1 aliphatic heterocycles. The van der Waals surface area contributed by atoms with Crippen LogP contribution in [0.4, 0.5) is 10.9 Å². The predicted molar refractivity (Wildman–Crippen MR) is 82.6 cm³/mol. The van der Waals surface area contributed by atoms with Gasteiger partial charge in [-0.2, -0.15) is 0 Å². The molecule has 4 N–H and O–H groups in total. The number of amides is 1. The van der Waals surface area contributed by atoms with E-state index in [2.05, 4.69) is 24.1 Å². The molecular weight excluding hydrogens is 292 g/mol. The van der Waals surface area contributed by atoms with Gasteiger partial charge in [0.2, 0.25) is 0 Å². The molecule has 1 aromatic rings. The fourth-order valence-electron chi connectivity index (χ4n) is 2.01. The third-order valence-corrected chi connectivity index (χ3v) is 4.16. The van der Waals surface area contributed by atoms with Crippen LogP contribution in [0.2, 0.25) is 0 Å². The van der Waals surface area contributed by atoms with Crippen LogP contribution in [0.25, 0.3) is 0 Å². The highest BCUT2D eigenvalue weighted by Crippen LogP contribution is 2.27. The lowest BCUT2D eigenvalue weighted by atomic mass is 10.2. The van der Waals surface area contributed by atoms with Gasteiger partial charge in [-0.05, 0) is 5.92 Å². The normalized spacial score (nSPS) is 19.0. The SMILES string of the molecule is CC(C)CNc1nc(N)c(C(=O)N2CCOC(CO)C2)s1. The standard InChI is InChI=1S/C13H22N4O3S/c1-8(2)5-15-13-16-11(14)10(21-13)12(19)17-3-4-20-9(6-17)7-18/h8-9,18H,3-7,14H2,1-2H3,(H,15,16). The summed E-state index contributed by atoms with van der Waals surface area (Å²) in [6.07, 6.45) is -0.324. The summed E-state index contributed by atoms with van der Waals surface area (Å²) in [6.45, 7) is 6.18. The summed E-state index contributed by atoms with van der Waals surface area (Å²) in [5, 5.41) is 13.0. The van der Waals surface area contributed by atoms with Gasteiger partial charge >= 0.3 is 0 Å². The first-order chi connectivity index (χ1) is 10.0. The third kappa shape index (κ3) is 4.05. The van der Waals surface area contributed by atoms with E-state index in [9.17, 15) is 4.79 Å². The minimum Gasteiger partial charge on any atom is -0.394 e. The van der Waals surface area contributed by atoms with Gasteiger partial charge in [-0.1, -0.05) is 25.2 Å². The van der Waals surface area contributed by atoms with Gasteiger partial charge in [0, 0.05) is 19.6 Å². The lowest BCUT2D eigenvalue weighted by molar-refractivity contribution is -0.0445. The smallest absolute Gasteiger partial charge is 0.268 e. The van der Waals surface area contributed by atoms with Crippen LogP contribution in [0.1, 0.15) is 23.5 Å². The van der Waals surface area contributed by atoms with Gasteiger partial charge in [-0.25, -0.2) is 4.98 Å². The molecular formula is C13H22N4O3S. The van der Waals surface area contributed by atoms with E-state index in [1.54, 1.807) is 4.90 Å². The molecule has 2 rings (SSSR count). The zero-order chi connectivity index (χ0) is 15.4. The number of morpholine rings is 1. The number of aliphatic hydroxyl groups excluding tert-OH is 1. The average molecular weight is 314 g/mol. The zero-order valence-electron chi connectivity index (χ0n) is 12.3. The molecule has 118 valence electrons. The maximum atomic E-state index is 12.5. The number of aliphatic hydroxyl groups is 1. The largest absolute Gasteiger partial charge is 0.394 e. The minimum atomic E-state index is -0.324. The first-order valence-corrected chi connectivity index (χ1v) is 7.84. The van der Waals surface area contributed by atoms with E-state index in [0.29, 0.717) is 35.6 Å². The van der Waals surface area contributed by atoms with Gasteiger partial charge in [0.05, 0.1) is 19.3 Å². The summed E-state index contributed by atoms with van der Waals surface area (Å²) in [5.41, 5.74) is 5.85. The summed E-state index contributed by atoms with van der Waals surface area (Å²) >= 11 is 1.27. The van der Waals surface area contributed by atoms with Crippen LogP contribution in [0, 0.1) is 5.92 Å². The summed E-state index contributed by atoms with van der Waals surface area (Å²) in [4.78, 5) is 18.8. The van der Waals surface area contributed by atoms with Crippen molar-refractivity contribution in [3.05, 3.63) is 4.88 Å². The molecule has 0 radical (unpaired) electrons. The van der Waals surface area contributed by atoms with Crippen molar-refractivity contribution < 1.29 is 14.6 Å². The molecule has 1 aliphatic rings. The second kappa shape index (κ2) is 7.06. The number of hydrogen-bond acceptors (Lipinski definition) is 7. The molecule has 0 aromatic carbocycles. The Kier molecular flexibility index (Phi) is 5.38. The maximum absolute atomic E-state index is 12.5. The van der Waals surface area contributed by atoms with Crippen LogP contribution in [-0.4, -0.2) is 59.8 Å². The molecule has 1 amide bonds. The molecule has 1 fully saturated rings. The highest BCUT2D eigenvalue weighted by atomic mass is 32.1. The monoisotopic (exact) mass is 314 g/mol. The second-order valence-corrected chi connectivity index (χ2v) is 6.43. The Hall–Kier alpha value is -1.38. The van der Waals surface area contributed by atoms with E-state index in [1.807, 2.05) is 0 Å². The van der Waals surface area contributed by atoms with Crippen molar-refractivity contribution in [3.63, 3.8) is 0 Å². The zero-order valence-corrected chi connectivity index (χ0v) is 13.2. The number of anilines is 2. The molecule has 0 bridgehead atoms. The quantitative estimate of drug-likeness (QED) is 0.737. The van der Waals surface area contributed by atoms with E-state index in [0.717, 1.165) is 6.54 Å². The predicted octanol–water partition coefficient (Wildman–Crippen LogP) is 0.627. The van der Waals surface area contributed by atoms with Crippen molar-refractivity contribution in [1.29, 1.82) is 0 Å². The fourth-order valence-corrected chi connectivity index (χ4v) is 2.87. The van der Waals surface area contributed by atoms with E-state index >= 15 is 0 Å². The van der Waals surface area contributed by atoms with Crippen LogP contribution in [0.3, 0.4) is 0 Å². The third-order valence-electron chi connectivity index (χ3n) is 3.14. The summed E-state index contributed by atoms with van der Waals surface area (Å²) in [6, 6.07) is 0. The minimum absolute atomic E-state index is 0.0941. The van der Waals surface area contributed by atoms with Crippen molar-refractivity contribution in [3.8, 4) is 0 Å². The summed E-state index contributed by atoms with van der Waals surface area (Å²) in [7, 11) is 0. The van der Waals surface area contributed by atoms with Gasteiger partial charge in [-0.3, -0.25) is 4.79 Å². The van der Waals surface area contributed by atoms with Gasteiger partial charge in [-0.15, -0.1) is 0 Å². The Balaban J connectivity index is 2.04. The van der Waals surface area contributed by atoms with Gasteiger partial charge < -0.3 is 25.8 Å². The number of carbonyl (C=O) groups is 1. The van der Waals surface area contributed by atoms with Gasteiger partial charge in [0.15, 0.2) is 5.13 Å². The van der Waals surface area contributed by atoms with Gasteiger partial charge in [0.25, 0.3) is 5.91 Å². The number of nitrogens with one attached hydrogen (secondary N) is 1. The van der Waals surface area contributed by atoms with Crippen molar-refractivity contribution >= 4 is 28.2 Å². The Morgan fingerprint density at radius 3 is 3.10 bits per heavy atom. The van der Waals surface area contributed by atoms with Gasteiger partial charge in [0.1, 0.15) is 10.7 Å². The molecule has 0 spiro atoms. The number of ether oxygens (including phenoxy) is 1. The van der Waals surface area contributed by atoms with Crippen molar-refractivity contribution in [2.24, 2.45) is 5.92 Å². The lowest BCUT2D eigenvalue weighted by Gasteiger charge is -2.31. The van der Waals surface area contributed by atoms with Crippen molar-refractivity contribution in [1.82, 2.24) is 9.88 Å². The highest BCUT2D eigenvalue weighted by molar-refractivity contribution is 7.18. The maximum Gasteiger partial charge on any atom is 0.268 e. The average Bonchev–Trinajstić information content (AvgIpc) is 2.85. The van der Waals surface area contributed by atoms with E-state index in [-0.39, 0.29) is 24.4 Å². The Morgan fingerprint density at radius 2 is 2.43 bits per heavy atom. The van der Waals surface area contributed by atoms with E-state index < -0.39 is 0 Å². The molecule has 7 nitrogen and oxygen atoms in total. The second-order valence-electron chi connectivity index (χ2n) is 5.43. The number of hydrogen-bond donors (Lipinski definition) is 3. The molecule has 21 heavy (non-hydrogen) atoms.